The first kappa shape index (κ1) is 17.5. The standard InChI is InChI=1S/C17H19FN2O2.ClH/c1-22-16-7-6-15(13-4-2-3-5-14(13)16)17(21)20-10-12-8-11(18)9-19-12;/h2-7,11-12,19H,8-10H2,1H3,(H,20,21);1H/t11-,12-;/m0./s1. The van der Waals surface area contributed by atoms with Gasteiger partial charge in [-0.3, -0.25) is 4.79 Å². The number of fused-ring (bicyclic) bond motifs is 1. The monoisotopic (exact) mass is 338 g/mol. The summed E-state index contributed by atoms with van der Waals surface area (Å²) >= 11 is 0. The van der Waals surface area contributed by atoms with E-state index in [0.29, 0.717) is 25.1 Å². The molecule has 6 heteroatoms. The minimum absolute atomic E-state index is 0. The van der Waals surface area contributed by atoms with Crippen molar-refractivity contribution >= 4 is 29.1 Å². The Hall–Kier alpha value is -1.85. The van der Waals surface area contributed by atoms with E-state index in [4.69, 9.17) is 4.74 Å². The molecule has 4 nitrogen and oxygen atoms in total. The molecule has 3 rings (SSSR count). The predicted molar refractivity (Wildman–Crippen MR) is 91.4 cm³/mol. The molecule has 0 saturated carbocycles. The van der Waals surface area contributed by atoms with Crippen LogP contribution in [0.15, 0.2) is 36.4 Å². The number of methoxy groups -OCH3 is 1. The molecule has 0 spiro atoms. The van der Waals surface area contributed by atoms with E-state index in [9.17, 15) is 9.18 Å². The number of alkyl halides is 1. The van der Waals surface area contributed by atoms with Crippen molar-refractivity contribution in [1.29, 1.82) is 0 Å². The minimum Gasteiger partial charge on any atom is -0.496 e. The molecule has 0 bridgehead atoms. The maximum atomic E-state index is 13.1. The van der Waals surface area contributed by atoms with Gasteiger partial charge in [-0.25, -0.2) is 4.39 Å². The van der Waals surface area contributed by atoms with Crippen molar-refractivity contribution in [3.8, 4) is 5.75 Å². The Kier molecular flexibility index (Phi) is 5.80. The van der Waals surface area contributed by atoms with E-state index < -0.39 is 6.17 Å². The van der Waals surface area contributed by atoms with E-state index in [1.165, 1.54) is 0 Å². The molecule has 0 radical (unpaired) electrons. The molecule has 2 aromatic carbocycles. The fraction of sp³-hybridized carbons (Fsp3) is 0.353. The van der Waals surface area contributed by atoms with Gasteiger partial charge in [0.05, 0.1) is 7.11 Å². The number of nitrogens with one attached hydrogen (secondary N) is 2. The van der Waals surface area contributed by atoms with E-state index in [0.717, 1.165) is 16.5 Å². The van der Waals surface area contributed by atoms with Gasteiger partial charge in [0, 0.05) is 30.1 Å². The molecule has 2 aromatic rings. The number of halogens is 2. The second kappa shape index (κ2) is 7.62. The highest BCUT2D eigenvalue weighted by Crippen LogP contribution is 2.28. The Morgan fingerprint density at radius 1 is 1.30 bits per heavy atom. The van der Waals surface area contributed by atoms with Gasteiger partial charge < -0.3 is 15.4 Å². The summed E-state index contributed by atoms with van der Waals surface area (Å²) in [5, 5.41) is 7.69. The number of amides is 1. The van der Waals surface area contributed by atoms with Crippen LogP contribution >= 0.6 is 12.4 Å². The van der Waals surface area contributed by atoms with Crippen LogP contribution in [0.25, 0.3) is 10.8 Å². The maximum Gasteiger partial charge on any atom is 0.251 e. The number of benzene rings is 2. The Morgan fingerprint density at radius 2 is 2.04 bits per heavy atom. The lowest BCUT2D eigenvalue weighted by Gasteiger charge is -2.13. The highest BCUT2D eigenvalue weighted by atomic mass is 35.5. The third-order valence-corrected chi connectivity index (χ3v) is 4.03. The zero-order chi connectivity index (χ0) is 15.5. The molecule has 1 fully saturated rings. The van der Waals surface area contributed by atoms with Crippen molar-refractivity contribution in [3.63, 3.8) is 0 Å². The predicted octanol–water partition coefficient (Wildman–Crippen LogP) is 2.70. The number of ether oxygens (including phenoxy) is 1. The van der Waals surface area contributed by atoms with Crippen LogP contribution in [0.2, 0.25) is 0 Å². The molecule has 2 atom stereocenters. The third-order valence-electron chi connectivity index (χ3n) is 4.03. The van der Waals surface area contributed by atoms with Crippen molar-refractivity contribution in [2.45, 2.75) is 18.6 Å². The summed E-state index contributed by atoms with van der Waals surface area (Å²) in [5.74, 6) is 0.591. The largest absolute Gasteiger partial charge is 0.496 e. The van der Waals surface area contributed by atoms with Crippen molar-refractivity contribution in [3.05, 3.63) is 42.0 Å². The van der Waals surface area contributed by atoms with Crippen LogP contribution in [0.5, 0.6) is 5.75 Å². The second-order valence-electron chi connectivity index (χ2n) is 5.51. The number of rotatable bonds is 4. The molecule has 0 unspecified atom stereocenters. The summed E-state index contributed by atoms with van der Waals surface area (Å²) in [6.45, 7) is 0.797. The molecule has 0 aromatic heterocycles. The van der Waals surface area contributed by atoms with Crippen molar-refractivity contribution < 1.29 is 13.9 Å². The smallest absolute Gasteiger partial charge is 0.251 e. The Balaban J connectivity index is 0.00000192. The average molecular weight is 339 g/mol. The summed E-state index contributed by atoms with van der Waals surface area (Å²) < 4.78 is 18.5. The molecule has 1 amide bonds. The van der Waals surface area contributed by atoms with Crippen LogP contribution in [0.1, 0.15) is 16.8 Å². The van der Waals surface area contributed by atoms with E-state index >= 15 is 0 Å². The van der Waals surface area contributed by atoms with Crippen LogP contribution in [-0.2, 0) is 0 Å². The zero-order valence-corrected chi connectivity index (χ0v) is 13.7. The van der Waals surface area contributed by atoms with Gasteiger partial charge in [0.25, 0.3) is 5.91 Å². The van der Waals surface area contributed by atoms with Gasteiger partial charge in [-0.15, -0.1) is 12.4 Å². The summed E-state index contributed by atoms with van der Waals surface area (Å²) in [7, 11) is 1.61. The lowest BCUT2D eigenvalue weighted by Crippen LogP contribution is -2.37. The van der Waals surface area contributed by atoms with Crippen LogP contribution in [-0.4, -0.2) is 38.3 Å². The van der Waals surface area contributed by atoms with Gasteiger partial charge in [0.15, 0.2) is 0 Å². The molecule has 0 aliphatic carbocycles. The van der Waals surface area contributed by atoms with Crippen LogP contribution in [0.3, 0.4) is 0 Å². The molecule has 1 saturated heterocycles. The quantitative estimate of drug-likeness (QED) is 0.901. The molecule has 1 heterocycles. The van der Waals surface area contributed by atoms with Gasteiger partial charge in [0.2, 0.25) is 0 Å². The van der Waals surface area contributed by atoms with Crippen molar-refractivity contribution in [2.24, 2.45) is 0 Å². The Labute approximate surface area is 140 Å². The van der Waals surface area contributed by atoms with Crippen LogP contribution < -0.4 is 15.4 Å². The number of carbonyl (C=O) groups is 1. The number of hydrogen-bond donors (Lipinski definition) is 2. The first-order chi connectivity index (χ1) is 10.7. The molecule has 23 heavy (non-hydrogen) atoms. The average Bonchev–Trinajstić information content (AvgIpc) is 2.97. The summed E-state index contributed by atoms with van der Waals surface area (Å²) in [6.07, 6.45) is -0.368. The zero-order valence-electron chi connectivity index (χ0n) is 12.8. The minimum atomic E-state index is -0.816. The summed E-state index contributed by atoms with van der Waals surface area (Å²) in [5.41, 5.74) is 0.603. The maximum absolute atomic E-state index is 13.1. The summed E-state index contributed by atoms with van der Waals surface area (Å²) in [6, 6.07) is 11.2. The van der Waals surface area contributed by atoms with E-state index in [1.807, 2.05) is 24.3 Å². The SMILES string of the molecule is COc1ccc(C(=O)NC[C@@H]2C[C@H](F)CN2)c2ccccc12.Cl. The van der Waals surface area contributed by atoms with E-state index in [1.54, 1.807) is 19.2 Å². The fourth-order valence-corrected chi connectivity index (χ4v) is 2.88. The molecular formula is C17H20ClFN2O2. The highest BCUT2D eigenvalue weighted by Gasteiger charge is 2.24. The van der Waals surface area contributed by atoms with Crippen molar-refractivity contribution in [2.75, 3.05) is 20.2 Å². The Morgan fingerprint density at radius 3 is 2.70 bits per heavy atom. The highest BCUT2D eigenvalue weighted by molar-refractivity contribution is 6.08. The van der Waals surface area contributed by atoms with Crippen LogP contribution in [0, 0.1) is 0 Å². The molecule has 1 aliphatic heterocycles. The van der Waals surface area contributed by atoms with Crippen LogP contribution in [0.4, 0.5) is 4.39 Å². The molecule has 1 aliphatic rings. The second-order valence-corrected chi connectivity index (χ2v) is 5.51. The lowest BCUT2D eigenvalue weighted by atomic mass is 10.0. The molecular weight excluding hydrogens is 319 g/mol. The normalized spacial score (nSPS) is 20.1. The van der Waals surface area contributed by atoms with E-state index in [-0.39, 0.29) is 24.4 Å². The fourth-order valence-electron chi connectivity index (χ4n) is 2.88. The van der Waals surface area contributed by atoms with Gasteiger partial charge in [0.1, 0.15) is 11.9 Å². The topological polar surface area (TPSA) is 50.4 Å². The molecule has 2 N–H and O–H groups in total. The lowest BCUT2D eigenvalue weighted by molar-refractivity contribution is 0.0951. The molecule has 124 valence electrons. The van der Waals surface area contributed by atoms with E-state index in [2.05, 4.69) is 10.6 Å². The van der Waals surface area contributed by atoms with Gasteiger partial charge in [-0.05, 0) is 23.9 Å². The van der Waals surface area contributed by atoms with Gasteiger partial charge >= 0.3 is 0 Å². The van der Waals surface area contributed by atoms with Crippen molar-refractivity contribution in [1.82, 2.24) is 10.6 Å². The third kappa shape index (κ3) is 3.74. The van der Waals surface area contributed by atoms with Gasteiger partial charge in [-0.1, -0.05) is 24.3 Å². The first-order valence-corrected chi connectivity index (χ1v) is 7.40. The number of carbonyl (C=O) groups excluding carboxylic acids is 1. The van der Waals surface area contributed by atoms with Gasteiger partial charge in [-0.2, -0.15) is 0 Å². The summed E-state index contributed by atoms with van der Waals surface area (Å²) in [4.78, 5) is 12.4. The number of hydrogen-bond acceptors (Lipinski definition) is 3. The first-order valence-electron chi connectivity index (χ1n) is 7.40. The Bertz CT molecular complexity index is 695.